The lowest BCUT2D eigenvalue weighted by Gasteiger charge is -2.41. The van der Waals surface area contributed by atoms with Gasteiger partial charge < -0.3 is 15.1 Å². The first kappa shape index (κ1) is 24.6. The van der Waals surface area contributed by atoms with Crippen LogP contribution >= 0.6 is 11.6 Å². The van der Waals surface area contributed by atoms with Crippen molar-refractivity contribution in [2.24, 2.45) is 5.92 Å². The summed E-state index contributed by atoms with van der Waals surface area (Å²) in [6, 6.07) is 7.77. The number of nitrogens with one attached hydrogen (secondary N) is 3. The van der Waals surface area contributed by atoms with Crippen molar-refractivity contribution in [1.82, 2.24) is 31.0 Å². The normalized spacial score (nSPS) is 24.2. The second-order valence-electron chi connectivity index (χ2n) is 9.41. The van der Waals surface area contributed by atoms with Crippen LogP contribution in [0.25, 0.3) is 0 Å². The molecule has 4 heterocycles. The van der Waals surface area contributed by atoms with E-state index in [1.165, 1.54) is 12.3 Å². The number of benzene rings is 1. The standard InChI is InChI=1S/C25H28ClFN6O3/c26-22-17(4-2-8-29-22)24(35)32-9-11-33(12-10-32)25(36)18-13-15(5-6-19(18)27)14-20-21-16(3-1-7-28-21)23(34)31-30-20/h2,4-6,8,13,16,20-21,28,30H,1,3,7,9-12,14H2,(H,31,34). The van der Waals surface area contributed by atoms with Crippen LogP contribution in [-0.4, -0.2) is 77.3 Å². The highest BCUT2D eigenvalue weighted by Gasteiger charge is 2.40. The summed E-state index contributed by atoms with van der Waals surface area (Å²) >= 11 is 6.05. The molecule has 9 nitrogen and oxygen atoms in total. The number of hydrazine groups is 1. The van der Waals surface area contributed by atoms with Gasteiger partial charge in [0.15, 0.2) is 0 Å². The summed E-state index contributed by atoms with van der Waals surface area (Å²) in [6.45, 7) is 2.06. The van der Waals surface area contributed by atoms with Crippen molar-refractivity contribution in [3.05, 3.63) is 64.2 Å². The molecule has 0 spiro atoms. The SMILES string of the molecule is O=C1NNC(Cc2ccc(F)c(C(=O)N3CCN(C(=O)c4cccnc4Cl)CC3)c2)C2NCCCC12. The van der Waals surface area contributed by atoms with Crippen LogP contribution in [0.2, 0.25) is 5.15 Å². The van der Waals surface area contributed by atoms with Gasteiger partial charge in [-0.05, 0) is 55.6 Å². The summed E-state index contributed by atoms with van der Waals surface area (Å²) in [6.07, 6.45) is 3.83. The third-order valence-electron chi connectivity index (χ3n) is 7.22. The number of piperazine rings is 1. The average Bonchev–Trinajstić information content (AvgIpc) is 2.91. The molecule has 36 heavy (non-hydrogen) atoms. The number of rotatable bonds is 4. The first-order valence-corrected chi connectivity index (χ1v) is 12.6. The van der Waals surface area contributed by atoms with Gasteiger partial charge >= 0.3 is 0 Å². The molecule has 3 aliphatic heterocycles. The van der Waals surface area contributed by atoms with Gasteiger partial charge in [0.1, 0.15) is 11.0 Å². The average molecular weight is 515 g/mol. The minimum absolute atomic E-state index is 0.00980. The van der Waals surface area contributed by atoms with Crippen LogP contribution in [0.1, 0.15) is 39.1 Å². The first-order chi connectivity index (χ1) is 17.4. The number of nitrogens with zero attached hydrogens (tertiary/aromatic N) is 3. The molecule has 190 valence electrons. The number of hydrogen-bond donors (Lipinski definition) is 3. The molecule has 0 bridgehead atoms. The molecule has 3 aliphatic rings. The lowest BCUT2D eigenvalue weighted by molar-refractivity contribution is -0.131. The smallest absolute Gasteiger partial charge is 0.257 e. The van der Waals surface area contributed by atoms with Gasteiger partial charge in [-0.15, -0.1) is 0 Å². The van der Waals surface area contributed by atoms with Crippen molar-refractivity contribution < 1.29 is 18.8 Å². The van der Waals surface area contributed by atoms with Crippen LogP contribution in [0.3, 0.4) is 0 Å². The van der Waals surface area contributed by atoms with Crippen LogP contribution in [-0.2, 0) is 11.2 Å². The van der Waals surface area contributed by atoms with Crippen molar-refractivity contribution in [1.29, 1.82) is 0 Å². The van der Waals surface area contributed by atoms with E-state index >= 15 is 0 Å². The van der Waals surface area contributed by atoms with Crippen LogP contribution in [0, 0.1) is 11.7 Å². The van der Waals surface area contributed by atoms with Gasteiger partial charge in [0.25, 0.3) is 11.8 Å². The molecular formula is C25H28ClFN6O3. The molecule has 3 saturated heterocycles. The fourth-order valence-corrected chi connectivity index (χ4v) is 5.47. The third kappa shape index (κ3) is 4.93. The van der Waals surface area contributed by atoms with Crippen molar-refractivity contribution in [2.75, 3.05) is 32.7 Å². The summed E-state index contributed by atoms with van der Waals surface area (Å²) in [5.74, 6) is -1.34. The van der Waals surface area contributed by atoms with E-state index in [1.807, 2.05) is 0 Å². The Morgan fingerprint density at radius 2 is 1.81 bits per heavy atom. The van der Waals surface area contributed by atoms with Crippen molar-refractivity contribution in [2.45, 2.75) is 31.3 Å². The third-order valence-corrected chi connectivity index (χ3v) is 7.52. The Labute approximate surface area is 213 Å². The summed E-state index contributed by atoms with van der Waals surface area (Å²) < 4.78 is 14.7. The Balaban J connectivity index is 1.24. The molecule has 3 atom stereocenters. The maximum atomic E-state index is 14.7. The largest absolute Gasteiger partial charge is 0.335 e. The maximum absolute atomic E-state index is 14.7. The number of hydrogen-bond acceptors (Lipinski definition) is 6. The fraction of sp³-hybridized carbons (Fsp3) is 0.440. The van der Waals surface area contributed by atoms with Gasteiger partial charge in [-0.1, -0.05) is 17.7 Å². The van der Waals surface area contributed by atoms with E-state index in [9.17, 15) is 18.8 Å². The molecule has 3 amide bonds. The number of halogens is 2. The van der Waals surface area contributed by atoms with Gasteiger partial charge in [-0.3, -0.25) is 19.8 Å². The molecule has 1 aromatic heterocycles. The number of aromatic nitrogens is 1. The topological polar surface area (TPSA) is 107 Å². The van der Waals surface area contributed by atoms with E-state index in [-0.39, 0.29) is 53.6 Å². The second kappa shape index (κ2) is 10.5. The van der Waals surface area contributed by atoms with Gasteiger partial charge in [0.05, 0.1) is 17.0 Å². The van der Waals surface area contributed by atoms with Crippen molar-refractivity contribution >= 4 is 29.3 Å². The molecule has 2 aromatic rings. The Bertz CT molecular complexity index is 1170. The van der Waals surface area contributed by atoms with E-state index < -0.39 is 11.7 Å². The minimum Gasteiger partial charge on any atom is -0.335 e. The van der Waals surface area contributed by atoms with Gasteiger partial charge in [0, 0.05) is 44.5 Å². The number of carbonyl (C=O) groups excluding carboxylic acids is 3. The predicted octanol–water partition coefficient (Wildman–Crippen LogP) is 1.39. The predicted molar refractivity (Wildman–Crippen MR) is 131 cm³/mol. The number of carbonyl (C=O) groups is 3. The van der Waals surface area contributed by atoms with Gasteiger partial charge in [0.2, 0.25) is 5.91 Å². The van der Waals surface area contributed by atoms with E-state index in [4.69, 9.17) is 11.6 Å². The molecule has 5 rings (SSSR count). The number of pyridine rings is 1. The zero-order valence-corrected chi connectivity index (χ0v) is 20.4. The fourth-order valence-electron chi connectivity index (χ4n) is 5.27. The highest BCUT2D eigenvalue weighted by atomic mass is 35.5. The van der Waals surface area contributed by atoms with Crippen molar-refractivity contribution in [3.8, 4) is 0 Å². The van der Waals surface area contributed by atoms with Gasteiger partial charge in [-0.25, -0.2) is 14.8 Å². The highest BCUT2D eigenvalue weighted by molar-refractivity contribution is 6.32. The van der Waals surface area contributed by atoms with Crippen LogP contribution in [0.4, 0.5) is 4.39 Å². The summed E-state index contributed by atoms with van der Waals surface area (Å²) in [5, 5.41) is 3.57. The Kier molecular flexibility index (Phi) is 7.17. The van der Waals surface area contributed by atoms with E-state index in [2.05, 4.69) is 21.2 Å². The molecule has 0 aliphatic carbocycles. The number of fused-ring (bicyclic) bond motifs is 1. The second-order valence-corrected chi connectivity index (χ2v) is 9.77. The van der Waals surface area contributed by atoms with Crippen LogP contribution in [0.15, 0.2) is 36.5 Å². The Hall–Kier alpha value is -3.08. The quantitative estimate of drug-likeness (QED) is 0.532. The van der Waals surface area contributed by atoms with Crippen molar-refractivity contribution in [3.63, 3.8) is 0 Å². The summed E-state index contributed by atoms with van der Waals surface area (Å²) in [5.41, 5.74) is 6.97. The molecule has 3 fully saturated rings. The number of amides is 3. The molecule has 3 N–H and O–H groups in total. The molecule has 0 saturated carbocycles. The molecule has 11 heteroatoms. The molecule has 0 radical (unpaired) electrons. The molecular weight excluding hydrogens is 487 g/mol. The van der Waals surface area contributed by atoms with E-state index in [0.29, 0.717) is 25.1 Å². The van der Waals surface area contributed by atoms with E-state index in [0.717, 1.165) is 24.9 Å². The number of piperidine rings is 1. The summed E-state index contributed by atoms with van der Waals surface area (Å²) in [7, 11) is 0. The zero-order chi connectivity index (χ0) is 25.2. The lowest BCUT2D eigenvalue weighted by atomic mass is 9.82. The highest BCUT2D eigenvalue weighted by Crippen LogP contribution is 2.25. The maximum Gasteiger partial charge on any atom is 0.257 e. The molecule has 3 unspecified atom stereocenters. The first-order valence-electron chi connectivity index (χ1n) is 12.2. The molecule has 1 aromatic carbocycles. The van der Waals surface area contributed by atoms with Crippen LogP contribution in [0.5, 0.6) is 0 Å². The Morgan fingerprint density at radius 1 is 1.08 bits per heavy atom. The lowest BCUT2D eigenvalue weighted by Crippen LogP contribution is -2.67. The van der Waals surface area contributed by atoms with Crippen LogP contribution < -0.4 is 16.2 Å². The van der Waals surface area contributed by atoms with Gasteiger partial charge in [-0.2, -0.15) is 0 Å². The monoisotopic (exact) mass is 514 g/mol. The Morgan fingerprint density at radius 3 is 2.53 bits per heavy atom. The minimum atomic E-state index is -0.581. The van der Waals surface area contributed by atoms with E-state index in [1.54, 1.807) is 34.1 Å². The summed E-state index contributed by atoms with van der Waals surface area (Å²) in [4.78, 5) is 45.3. The zero-order valence-electron chi connectivity index (χ0n) is 19.7.